The van der Waals surface area contributed by atoms with Crippen molar-refractivity contribution in [3.05, 3.63) is 74.7 Å². The molecular weight excluding hydrogens is 605 g/mol. The SMILES string of the molecule is CC1=IC=Cn2cc(-c3ccc(CC(CCC(=O)O)NC(=O)c4ccc(OC(C)C)c(Cl)c4)cc3)nc21. The first-order chi connectivity index (χ1) is 17.7. The summed E-state index contributed by atoms with van der Waals surface area (Å²) >= 11 is 6.21. The number of benzene rings is 2. The van der Waals surface area contributed by atoms with E-state index < -0.39 is 5.97 Å². The number of nitrogens with one attached hydrogen (secondary N) is 1. The van der Waals surface area contributed by atoms with Gasteiger partial charge in [0.05, 0.1) is 16.8 Å². The third-order valence-electron chi connectivity index (χ3n) is 5.81. The lowest BCUT2D eigenvalue weighted by molar-refractivity contribution is -0.137. The molecule has 37 heavy (non-hydrogen) atoms. The Morgan fingerprint density at radius 3 is 2.59 bits per heavy atom. The van der Waals surface area contributed by atoms with E-state index in [0.29, 0.717) is 29.2 Å². The Hall–Kier alpha value is -2.98. The van der Waals surface area contributed by atoms with Crippen LogP contribution in [0, 0.1) is 0 Å². The van der Waals surface area contributed by atoms with Gasteiger partial charge in [-0.1, -0.05) is 56.6 Å². The summed E-state index contributed by atoms with van der Waals surface area (Å²) in [4.78, 5) is 29.0. The van der Waals surface area contributed by atoms with Gasteiger partial charge in [0.25, 0.3) is 5.91 Å². The minimum Gasteiger partial charge on any atom is -0.489 e. The number of ether oxygens (including phenoxy) is 1. The van der Waals surface area contributed by atoms with E-state index in [1.807, 2.05) is 44.3 Å². The summed E-state index contributed by atoms with van der Waals surface area (Å²) in [5, 5.41) is 12.5. The molecule has 1 aromatic heterocycles. The lowest BCUT2D eigenvalue weighted by atomic mass is 9.99. The van der Waals surface area contributed by atoms with Crippen LogP contribution >= 0.6 is 32.3 Å². The van der Waals surface area contributed by atoms with E-state index in [9.17, 15) is 14.7 Å². The van der Waals surface area contributed by atoms with E-state index in [1.54, 1.807) is 18.2 Å². The number of amides is 1. The smallest absolute Gasteiger partial charge is 0.303 e. The number of aromatic nitrogens is 2. The van der Waals surface area contributed by atoms with Crippen LogP contribution in [0.3, 0.4) is 0 Å². The van der Waals surface area contributed by atoms with Crippen LogP contribution in [0.4, 0.5) is 0 Å². The number of carbonyl (C=O) groups is 2. The van der Waals surface area contributed by atoms with Gasteiger partial charge >= 0.3 is 5.97 Å². The topological polar surface area (TPSA) is 93.5 Å². The van der Waals surface area contributed by atoms with Crippen LogP contribution in [-0.4, -0.2) is 42.2 Å². The summed E-state index contributed by atoms with van der Waals surface area (Å²) in [6, 6.07) is 12.6. The predicted octanol–water partition coefficient (Wildman–Crippen LogP) is 6.15. The van der Waals surface area contributed by atoms with Crippen molar-refractivity contribution in [3.63, 3.8) is 0 Å². The second-order valence-electron chi connectivity index (χ2n) is 9.09. The molecule has 0 saturated carbocycles. The number of hydrogen-bond acceptors (Lipinski definition) is 4. The van der Waals surface area contributed by atoms with Crippen molar-refractivity contribution in [2.75, 3.05) is 0 Å². The molecule has 9 heteroatoms. The number of aliphatic carboxylic acids is 1. The molecule has 0 spiro atoms. The van der Waals surface area contributed by atoms with Crippen LogP contribution in [0.25, 0.3) is 17.5 Å². The average Bonchev–Trinajstić information content (AvgIpc) is 3.30. The number of carboxylic acids is 1. The number of imidazole rings is 1. The first kappa shape index (κ1) is 27.1. The molecule has 2 aromatic carbocycles. The quantitative estimate of drug-likeness (QED) is 0.261. The Balaban J connectivity index is 1.46. The monoisotopic (exact) mass is 633 g/mol. The summed E-state index contributed by atoms with van der Waals surface area (Å²) in [7, 11) is 0. The standard InChI is InChI=1S/C28H29ClIN3O4/c1-17(2)37-25-10-8-21(15-23(25)29)28(36)31-22(9-11-26(34)35)14-19-4-6-20(7-5-19)24-16-33-13-12-30-18(3)27(33)32-24/h4-8,10,12-13,15-17,22H,9,11,14H2,1-3H3,(H,31,36)(H,34,35). The highest BCUT2D eigenvalue weighted by Gasteiger charge is 2.18. The number of fused-ring (bicyclic) bond motifs is 1. The average molecular weight is 634 g/mol. The molecule has 0 radical (unpaired) electrons. The maximum Gasteiger partial charge on any atom is 0.303 e. The molecular formula is C28H29ClIN3O4. The van der Waals surface area contributed by atoms with Crippen molar-refractivity contribution >= 4 is 53.9 Å². The largest absolute Gasteiger partial charge is 0.489 e. The summed E-state index contributed by atoms with van der Waals surface area (Å²) < 4.78 is 11.3. The molecule has 0 saturated heterocycles. The molecule has 0 aliphatic carbocycles. The lowest BCUT2D eigenvalue weighted by Gasteiger charge is -2.19. The van der Waals surface area contributed by atoms with Gasteiger partial charge in [-0.2, -0.15) is 0 Å². The van der Waals surface area contributed by atoms with Crippen molar-refractivity contribution in [3.8, 4) is 17.0 Å². The molecule has 1 amide bonds. The molecule has 1 aliphatic heterocycles. The summed E-state index contributed by atoms with van der Waals surface area (Å²) in [6.07, 6.45) is 4.84. The highest BCUT2D eigenvalue weighted by Crippen LogP contribution is 2.27. The van der Waals surface area contributed by atoms with Gasteiger partial charge in [-0.05, 0) is 61.5 Å². The number of hydrogen-bond donors (Lipinski definition) is 2. The molecule has 4 rings (SSSR count). The molecule has 3 aromatic rings. The Kier molecular flexibility index (Phi) is 8.81. The van der Waals surface area contributed by atoms with Crippen molar-refractivity contribution in [2.45, 2.75) is 52.2 Å². The Bertz CT molecular complexity index is 1360. The van der Waals surface area contributed by atoms with Crippen LogP contribution in [0.2, 0.25) is 5.02 Å². The fraction of sp³-hybridized carbons (Fsp3) is 0.286. The van der Waals surface area contributed by atoms with Gasteiger partial charge < -0.3 is 19.7 Å². The molecule has 0 bridgehead atoms. The fourth-order valence-corrected chi connectivity index (χ4v) is 5.96. The molecule has 1 unspecified atom stereocenters. The third kappa shape index (κ3) is 7.07. The molecule has 194 valence electrons. The zero-order valence-corrected chi connectivity index (χ0v) is 23.8. The first-order valence-corrected chi connectivity index (χ1v) is 14.7. The van der Waals surface area contributed by atoms with Gasteiger partial charge in [0, 0.05) is 39.5 Å². The molecule has 0 fully saturated rings. The lowest BCUT2D eigenvalue weighted by Crippen LogP contribution is -2.37. The van der Waals surface area contributed by atoms with E-state index in [2.05, 4.69) is 27.1 Å². The summed E-state index contributed by atoms with van der Waals surface area (Å²) in [5.41, 5.74) is 3.31. The van der Waals surface area contributed by atoms with E-state index in [4.69, 9.17) is 21.3 Å². The maximum absolute atomic E-state index is 13.0. The molecule has 1 atom stereocenters. The third-order valence-corrected chi connectivity index (χ3v) is 8.21. The van der Waals surface area contributed by atoms with Gasteiger partial charge in [0.2, 0.25) is 0 Å². The molecule has 7 nitrogen and oxygen atoms in total. The van der Waals surface area contributed by atoms with E-state index in [1.165, 1.54) is 3.51 Å². The van der Waals surface area contributed by atoms with Gasteiger partial charge in [-0.15, -0.1) is 0 Å². The molecule has 1 aliphatic rings. The Labute approximate surface area is 231 Å². The maximum atomic E-state index is 13.0. The normalized spacial score (nSPS) is 13.4. The zero-order chi connectivity index (χ0) is 26.5. The van der Waals surface area contributed by atoms with Crippen molar-refractivity contribution in [1.29, 1.82) is 0 Å². The van der Waals surface area contributed by atoms with Gasteiger partial charge in [0.1, 0.15) is 11.6 Å². The van der Waals surface area contributed by atoms with E-state index >= 15 is 0 Å². The minimum atomic E-state index is -0.903. The second-order valence-corrected chi connectivity index (χ2v) is 12.5. The number of carboxylic acid groups (broad SMARTS) is 1. The Morgan fingerprint density at radius 1 is 1.19 bits per heavy atom. The van der Waals surface area contributed by atoms with Gasteiger partial charge in [0.15, 0.2) is 0 Å². The van der Waals surface area contributed by atoms with Crippen molar-refractivity contribution < 1.29 is 19.4 Å². The highest BCUT2D eigenvalue weighted by molar-refractivity contribution is 14.2. The van der Waals surface area contributed by atoms with E-state index in [-0.39, 0.29) is 45.2 Å². The zero-order valence-electron chi connectivity index (χ0n) is 20.9. The number of rotatable bonds is 10. The van der Waals surface area contributed by atoms with E-state index in [0.717, 1.165) is 22.6 Å². The van der Waals surface area contributed by atoms with Crippen LogP contribution in [0.5, 0.6) is 5.75 Å². The van der Waals surface area contributed by atoms with Crippen LogP contribution < -0.4 is 10.1 Å². The minimum absolute atomic E-state index is 0.0383. The highest BCUT2D eigenvalue weighted by atomic mass is 127. The Morgan fingerprint density at radius 2 is 1.95 bits per heavy atom. The predicted molar refractivity (Wildman–Crippen MR) is 156 cm³/mol. The summed E-state index contributed by atoms with van der Waals surface area (Å²) in [5.74, 6) is 0.325. The van der Waals surface area contributed by atoms with Crippen LogP contribution in [-0.2, 0) is 11.2 Å². The van der Waals surface area contributed by atoms with Gasteiger partial charge in [-0.3, -0.25) is 9.59 Å². The summed E-state index contributed by atoms with van der Waals surface area (Å²) in [6.45, 7) is 5.93. The second kappa shape index (κ2) is 12.0. The van der Waals surface area contributed by atoms with Crippen molar-refractivity contribution in [1.82, 2.24) is 14.9 Å². The fourth-order valence-electron chi connectivity index (χ4n) is 4.01. The molecule has 2 N–H and O–H groups in total. The number of nitrogens with zero attached hydrogens (tertiary/aromatic N) is 2. The van der Waals surface area contributed by atoms with Crippen LogP contribution in [0.1, 0.15) is 55.4 Å². The first-order valence-electron chi connectivity index (χ1n) is 12.0. The number of carbonyl (C=O) groups excluding carboxylic acids is 1. The van der Waals surface area contributed by atoms with Gasteiger partial charge in [-0.25, -0.2) is 4.98 Å². The van der Waals surface area contributed by atoms with Crippen LogP contribution in [0.15, 0.2) is 52.7 Å². The van der Waals surface area contributed by atoms with Crippen molar-refractivity contribution in [2.24, 2.45) is 0 Å². The number of halogens is 2. The molecule has 2 heterocycles.